The molecule has 1 aromatic carbocycles. The van der Waals surface area contributed by atoms with Gasteiger partial charge in [-0.3, -0.25) is 10.1 Å². The molecule has 1 unspecified atom stereocenters. The lowest BCUT2D eigenvalue weighted by Crippen LogP contribution is -2.43. The van der Waals surface area contributed by atoms with Crippen LogP contribution in [-0.4, -0.2) is 29.6 Å². The minimum absolute atomic E-state index is 0.251. The summed E-state index contributed by atoms with van der Waals surface area (Å²) in [4.78, 5) is 20.9. The van der Waals surface area contributed by atoms with Gasteiger partial charge in [0.05, 0.1) is 7.11 Å². The minimum atomic E-state index is -3.42. The first kappa shape index (κ1) is 9.29. The number of carbonyl (C=O) groups excluding carboxylic acids is 1. The quantitative estimate of drug-likeness (QED) is 0.454. The number of benzene rings is 1. The molecule has 16 heavy (non-hydrogen) atoms. The molecule has 1 atom stereocenters. The van der Waals surface area contributed by atoms with Crippen molar-refractivity contribution in [2.45, 2.75) is 5.60 Å². The van der Waals surface area contributed by atoms with Crippen LogP contribution in [-0.2, 0) is 15.1 Å². The Morgan fingerprint density at radius 1 is 1.62 bits per heavy atom. The molecule has 6 heteroatoms. The maximum Gasteiger partial charge on any atom is 0.349 e. The highest BCUT2D eigenvalue weighted by atomic mass is 16.6. The molecule has 0 heterocycles. The third-order valence-electron chi connectivity index (χ3n) is 1.93. The molecule has 0 fully saturated rings. The number of methoxy groups -OCH3 is 1. The van der Waals surface area contributed by atoms with Crippen LogP contribution in [0.25, 0.3) is 0 Å². The van der Waals surface area contributed by atoms with Crippen LogP contribution in [0.4, 0.5) is 0 Å². The van der Waals surface area contributed by atoms with Crippen LogP contribution in [0.3, 0.4) is 0 Å². The molecular formula is C10H11NO5. The van der Waals surface area contributed by atoms with Crippen molar-refractivity contribution in [1.82, 2.24) is 0 Å². The molecule has 0 aliphatic heterocycles. The first-order valence-electron chi connectivity index (χ1n) is 5.29. The Kier molecular flexibility index (Phi) is 2.74. The smallest absolute Gasteiger partial charge is 0.349 e. The molecule has 1 N–H and O–H groups in total. The Bertz CT molecular complexity index is 465. The molecule has 0 saturated carbocycles. The number of rotatable bonds is 4. The standard InChI is InChI=1S/C10H11NO5/c1-16-9(12)10(13,7-11(14)15)8-5-3-2-4-6-8/h2-6,13H,7H2,1H3/i7D2. The van der Waals surface area contributed by atoms with E-state index in [0.717, 1.165) is 7.11 Å². The summed E-state index contributed by atoms with van der Waals surface area (Å²) in [6.45, 7) is -3.42. The van der Waals surface area contributed by atoms with Crippen LogP contribution in [0.15, 0.2) is 30.3 Å². The average Bonchev–Trinajstić information content (AvgIpc) is 2.37. The van der Waals surface area contributed by atoms with E-state index in [4.69, 9.17) is 2.74 Å². The zero-order valence-corrected chi connectivity index (χ0v) is 8.41. The zero-order valence-electron chi connectivity index (χ0n) is 10.4. The molecule has 0 aromatic heterocycles. The molecular weight excluding hydrogens is 214 g/mol. The number of hydrogen-bond donors (Lipinski definition) is 1. The average molecular weight is 227 g/mol. The van der Waals surface area contributed by atoms with E-state index in [9.17, 15) is 20.0 Å². The van der Waals surface area contributed by atoms with Crippen molar-refractivity contribution in [2.75, 3.05) is 13.6 Å². The van der Waals surface area contributed by atoms with E-state index in [1.807, 2.05) is 0 Å². The molecule has 1 aromatic rings. The van der Waals surface area contributed by atoms with E-state index in [2.05, 4.69) is 4.74 Å². The number of nitrogens with zero attached hydrogens (tertiary/aromatic N) is 1. The Balaban J connectivity index is 3.47. The number of hydrogen-bond acceptors (Lipinski definition) is 5. The van der Waals surface area contributed by atoms with Crippen LogP contribution in [0.5, 0.6) is 0 Å². The van der Waals surface area contributed by atoms with Gasteiger partial charge >= 0.3 is 5.97 Å². The van der Waals surface area contributed by atoms with E-state index in [1.165, 1.54) is 24.3 Å². The molecule has 0 saturated heterocycles. The summed E-state index contributed by atoms with van der Waals surface area (Å²) >= 11 is 0. The van der Waals surface area contributed by atoms with Gasteiger partial charge in [-0.05, 0) is 0 Å². The molecule has 6 nitrogen and oxygen atoms in total. The third-order valence-corrected chi connectivity index (χ3v) is 1.93. The Hall–Kier alpha value is -1.95. The molecule has 0 aliphatic carbocycles. The lowest BCUT2D eigenvalue weighted by Gasteiger charge is -2.21. The lowest BCUT2D eigenvalue weighted by atomic mass is 9.94. The lowest BCUT2D eigenvalue weighted by molar-refractivity contribution is -0.499. The molecule has 0 amide bonds. The summed E-state index contributed by atoms with van der Waals surface area (Å²) in [6, 6.07) is 6.80. The molecule has 0 bridgehead atoms. The Morgan fingerprint density at radius 3 is 2.62 bits per heavy atom. The predicted molar refractivity (Wildman–Crippen MR) is 54.2 cm³/mol. The van der Waals surface area contributed by atoms with E-state index in [1.54, 1.807) is 6.07 Å². The molecule has 0 radical (unpaired) electrons. The van der Waals surface area contributed by atoms with Crippen molar-refractivity contribution < 1.29 is 22.3 Å². The summed E-state index contributed by atoms with van der Waals surface area (Å²) < 4.78 is 18.9. The van der Waals surface area contributed by atoms with Gasteiger partial charge in [0.15, 0.2) is 0 Å². The van der Waals surface area contributed by atoms with Gasteiger partial charge in [0.25, 0.3) is 5.60 Å². The first-order valence-corrected chi connectivity index (χ1v) is 4.29. The molecule has 86 valence electrons. The second-order valence-corrected chi connectivity index (χ2v) is 2.94. The van der Waals surface area contributed by atoms with Crippen LogP contribution in [0.2, 0.25) is 0 Å². The van der Waals surface area contributed by atoms with E-state index in [-0.39, 0.29) is 5.56 Å². The number of esters is 1. The van der Waals surface area contributed by atoms with Crippen LogP contribution in [0.1, 0.15) is 8.30 Å². The van der Waals surface area contributed by atoms with Crippen molar-refractivity contribution in [1.29, 1.82) is 0 Å². The zero-order chi connectivity index (χ0) is 14.0. The number of aliphatic hydroxyl groups is 1. The summed E-state index contributed by atoms with van der Waals surface area (Å²) in [7, 11) is 0.909. The van der Waals surface area contributed by atoms with Gasteiger partial charge in [-0.25, -0.2) is 4.79 Å². The van der Waals surface area contributed by atoms with Gasteiger partial charge in [0.2, 0.25) is 6.50 Å². The highest BCUT2D eigenvalue weighted by Crippen LogP contribution is 2.22. The van der Waals surface area contributed by atoms with E-state index in [0.29, 0.717) is 0 Å². The minimum Gasteiger partial charge on any atom is -0.466 e. The van der Waals surface area contributed by atoms with E-state index >= 15 is 0 Å². The summed E-state index contributed by atoms with van der Waals surface area (Å²) in [5, 5.41) is 20.9. The van der Waals surface area contributed by atoms with Crippen LogP contribution < -0.4 is 0 Å². The third kappa shape index (κ3) is 2.34. The van der Waals surface area contributed by atoms with Gasteiger partial charge < -0.3 is 9.84 Å². The molecule has 0 spiro atoms. The number of ether oxygens (including phenoxy) is 1. The van der Waals surface area contributed by atoms with Gasteiger partial charge in [-0.1, -0.05) is 30.3 Å². The fourth-order valence-corrected chi connectivity index (χ4v) is 1.19. The van der Waals surface area contributed by atoms with Crippen molar-refractivity contribution >= 4 is 5.97 Å². The van der Waals surface area contributed by atoms with Crippen molar-refractivity contribution in [3.8, 4) is 0 Å². The van der Waals surface area contributed by atoms with Crippen molar-refractivity contribution in [3.63, 3.8) is 0 Å². The van der Waals surface area contributed by atoms with Gasteiger partial charge in [0, 0.05) is 10.5 Å². The normalized spacial score (nSPS) is 16.6. The number of carbonyl (C=O) groups is 1. The second-order valence-electron chi connectivity index (χ2n) is 2.94. The fourth-order valence-electron chi connectivity index (χ4n) is 1.19. The predicted octanol–water partition coefficient (Wildman–Crippen LogP) is 0.324. The molecule has 1 rings (SSSR count). The Labute approximate surface area is 94.4 Å². The van der Waals surface area contributed by atoms with Gasteiger partial charge in [-0.15, -0.1) is 0 Å². The van der Waals surface area contributed by atoms with Crippen molar-refractivity contribution in [2.24, 2.45) is 0 Å². The highest BCUT2D eigenvalue weighted by molar-refractivity contribution is 5.81. The van der Waals surface area contributed by atoms with Gasteiger partial charge in [0.1, 0.15) is 2.74 Å². The molecule has 0 aliphatic rings. The second kappa shape index (κ2) is 4.71. The monoisotopic (exact) mass is 227 g/mol. The highest BCUT2D eigenvalue weighted by Gasteiger charge is 2.44. The summed E-state index contributed by atoms with van der Waals surface area (Å²) in [5.41, 5.74) is -3.26. The Morgan fingerprint density at radius 2 is 2.19 bits per heavy atom. The van der Waals surface area contributed by atoms with E-state index < -0.39 is 23.0 Å². The van der Waals surface area contributed by atoms with Crippen LogP contribution >= 0.6 is 0 Å². The fraction of sp³-hybridized carbons (Fsp3) is 0.300. The summed E-state index contributed by atoms with van der Waals surface area (Å²) in [5.74, 6) is -1.43. The number of nitro groups is 1. The first-order chi connectivity index (χ1) is 8.28. The van der Waals surface area contributed by atoms with Crippen molar-refractivity contribution in [3.05, 3.63) is 46.0 Å². The maximum atomic E-state index is 11.6. The largest absolute Gasteiger partial charge is 0.466 e. The topological polar surface area (TPSA) is 89.7 Å². The van der Waals surface area contributed by atoms with Crippen LogP contribution in [0, 0.1) is 10.1 Å². The summed E-state index contributed by atoms with van der Waals surface area (Å²) in [6.07, 6.45) is 0. The van der Waals surface area contributed by atoms with Gasteiger partial charge in [-0.2, -0.15) is 0 Å². The maximum absolute atomic E-state index is 11.6. The SMILES string of the molecule is [2H]C([2H])([N+](=O)[O-])C(O)(C(=O)OC)c1ccccc1.